The molecule has 1 N–H and O–H groups in total. The van der Waals surface area contributed by atoms with Gasteiger partial charge in [-0.05, 0) is 44.5 Å². The van der Waals surface area contributed by atoms with Crippen molar-refractivity contribution in [2.24, 2.45) is 0 Å². The van der Waals surface area contributed by atoms with Crippen LogP contribution in [0.5, 0.6) is 5.75 Å². The maximum Gasteiger partial charge on any atom is 0.121 e. The van der Waals surface area contributed by atoms with Gasteiger partial charge in [0.05, 0.1) is 25.7 Å². The average molecular weight is 259 g/mol. The number of nitrogens with zero attached hydrogens (tertiary/aromatic N) is 2. The first kappa shape index (κ1) is 13.5. The number of benzene rings is 1. The molecule has 0 aliphatic rings. The Morgan fingerprint density at radius 2 is 2.16 bits per heavy atom. The highest BCUT2D eigenvalue weighted by Crippen LogP contribution is 2.22. The van der Waals surface area contributed by atoms with Crippen molar-refractivity contribution in [3.8, 4) is 5.75 Å². The molecule has 0 unspecified atom stereocenters. The second-order valence-corrected chi connectivity index (χ2v) is 4.92. The van der Waals surface area contributed by atoms with Crippen molar-refractivity contribution >= 4 is 5.69 Å². The maximum atomic E-state index is 5.26. The van der Waals surface area contributed by atoms with Crippen LogP contribution in [-0.4, -0.2) is 16.7 Å². The molecule has 0 amide bonds. The summed E-state index contributed by atoms with van der Waals surface area (Å²) in [6.45, 7) is 7.12. The zero-order valence-corrected chi connectivity index (χ0v) is 12.0. The smallest absolute Gasteiger partial charge is 0.121 e. The van der Waals surface area contributed by atoms with Gasteiger partial charge in [0.25, 0.3) is 0 Å². The average Bonchev–Trinajstić information content (AvgIpc) is 2.85. The van der Waals surface area contributed by atoms with Gasteiger partial charge in [0.2, 0.25) is 0 Å². The lowest BCUT2D eigenvalue weighted by atomic mass is 10.2. The summed E-state index contributed by atoms with van der Waals surface area (Å²) in [7, 11) is 1.69. The number of nitrogens with one attached hydrogen (secondary N) is 1. The van der Waals surface area contributed by atoms with Gasteiger partial charge in [-0.15, -0.1) is 0 Å². The van der Waals surface area contributed by atoms with Gasteiger partial charge in [-0.1, -0.05) is 0 Å². The summed E-state index contributed by atoms with van der Waals surface area (Å²) in [5.41, 5.74) is 3.41. The molecule has 4 nitrogen and oxygen atoms in total. The van der Waals surface area contributed by atoms with Crippen LogP contribution in [0.3, 0.4) is 0 Å². The quantitative estimate of drug-likeness (QED) is 0.894. The predicted octanol–water partition coefficient (Wildman–Crippen LogP) is 3.39. The second-order valence-electron chi connectivity index (χ2n) is 4.92. The molecule has 2 rings (SSSR count). The Balaban J connectivity index is 2.06. The van der Waals surface area contributed by atoms with Gasteiger partial charge in [0, 0.05) is 17.9 Å². The van der Waals surface area contributed by atoms with Crippen LogP contribution in [0.2, 0.25) is 0 Å². The number of methoxy groups -OCH3 is 1. The van der Waals surface area contributed by atoms with Crippen molar-refractivity contribution in [1.29, 1.82) is 0 Å². The van der Waals surface area contributed by atoms with E-state index in [1.807, 2.05) is 31.6 Å². The molecule has 0 bridgehead atoms. The maximum absolute atomic E-state index is 5.26. The minimum absolute atomic E-state index is 0.428. The highest BCUT2D eigenvalue weighted by molar-refractivity contribution is 5.50. The minimum Gasteiger partial charge on any atom is -0.496 e. The molecule has 4 heteroatoms. The highest BCUT2D eigenvalue weighted by atomic mass is 16.5. The number of ether oxygens (including phenoxy) is 1. The van der Waals surface area contributed by atoms with Crippen LogP contribution in [-0.2, 0) is 6.54 Å². The highest BCUT2D eigenvalue weighted by Gasteiger charge is 2.05. The number of rotatable bonds is 5. The van der Waals surface area contributed by atoms with Crippen molar-refractivity contribution in [2.75, 3.05) is 12.4 Å². The summed E-state index contributed by atoms with van der Waals surface area (Å²) < 4.78 is 7.43. The number of aromatic nitrogens is 2. The Morgan fingerprint density at radius 1 is 1.37 bits per heavy atom. The van der Waals surface area contributed by atoms with E-state index in [1.165, 1.54) is 5.69 Å². The van der Waals surface area contributed by atoms with Crippen LogP contribution in [0.25, 0.3) is 0 Å². The van der Waals surface area contributed by atoms with Crippen LogP contribution in [0.1, 0.15) is 31.1 Å². The van der Waals surface area contributed by atoms with E-state index in [1.54, 1.807) is 7.11 Å². The molecule has 1 aromatic heterocycles. The monoisotopic (exact) mass is 259 g/mol. The molecular weight excluding hydrogens is 238 g/mol. The van der Waals surface area contributed by atoms with Crippen molar-refractivity contribution in [2.45, 2.75) is 33.4 Å². The summed E-state index contributed by atoms with van der Waals surface area (Å²) in [6, 6.07) is 6.53. The topological polar surface area (TPSA) is 39.1 Å². The van der Waals surface area contributed by atoms with Crippen LogP contribution in [0.4, 0.5) is 5.69 Å². The van der Waals surface area contributed by atoms with Crippen LogP contribution in [0, 0.1) is 6.92 Å². The molecule has 102 valence electrons. The van der Waals surface area contributed by atoms with Crippen molar-refractivity contribution < 1.29 is 4.74 Å². The van der Waals surface area contributed by atoms with Crippen molar-refractivity contribution in [3.63, 3.8) is 0 Å². The van der Waals surface area contributed by atoms with E-state index in [2.05, 4.69) is 34.8 Å². The fourth-order valence-corrected chi connectivity index (χ4v) is 2.11. The third-order valence-corrected chi connectivity index (χ3v) is 3.17. The Bertz CT molecular complexity index is 546. The number of hydrogen-bond donors (Lipinski definition) is 1. The third kappa shape index (κ3) is 3.08. The summed E-state index contributed by atoms with van der Waals surface area (Å²) in [5, 5.41) is 3.42. The van der Waals surface area contributed by atoms with Gasteiger partial charge in [0.15, 0.2) is 0 Å². The second kappa shape index (κ2) is 5.78. The zero-order chi connectivity index (χ0) is 13.8. The van der Waals surface area contributed by atoms with Crippen LogP contribution in [0.15, 0.2) is 30.7 Å². The summed E-state index contributed by atoms with van der Waals surface area (Å²) in [4.78, 5) is 4.20. The van der Waals surface area contributed by atoms with Gasteiger partial charge in [0.1, 0.15) is 5.75 Å². The van der Waals surface area contributed by atoms with E-state index < -0.39 is 0 Å². The Kier molecular flexibility index (Phi) is 4.10. The first-order chi connectivity index (χ1) is 9.11. The zero-order valence-electron chi connectivity index (χ0n) is 12.0. The lowest BCUT2D eigenvalue weighted by Crippen LogP contribution is -2.08. The molecule has 1 heterocycles. The number of hydrogen-bond acceptors (Lipinski definition) is 3. The Morgan fingerprint density at radius 3 is 2.79 bits per heavy atom. The molecule has 0 aliphatic heterocycles. The largest absolute Gasteiger partial charge is 0.496 e. The first-order valence-electron chi connectivity index (χ1n) is 6.51. The molecule has 0 saturated carbocycles. The van der Waals surface area contributed by atoms with E-state index in [-0.39, 0.29) is 0 Å². The minimum atomic E-state index is 0.428. The van der Waals surface area contributed by atoms with E-state index in [4.69, 9.17) is 4.74 Å². The Labute approximate surface area is 114 Å². The van der Waals surface area contributed by atoms with E-state index >= 15 is 0 Å². The molecule has 0 saturated heterocycles. The van der Waals surface area contributed by atoms with E-state index in [0.717, 1.165) is 23.5 Å². The standard InChI is InChI=1S/C15H21N3O/c1-11(2)18-10-16-8-14(18)9-17-13-5-6-15(19-4)12(3)7-13/h5-8,10-11,17H,9H2,1-4H3. The lowest BCUT2D eigenvalue weighted by Gasteiger charge is -2.13. The van der Waals surface area contributed by atoms with Gasteiger partial charge in [-0.25, -0.2) is 4.98 Å². The fraction of sp³-hybridized carbons (Fsp3) is 0.400. The molecule has 0 radical (unpaired) electrons. The van der Waals surface area contributed by atoms with E-state index in [0.29, 0.717) is 6.04 Å². The van der Waals surface area contributed by atoms with Crippen molar-refractivity contribution in [3.05, 3.63) is 42.0 Å². The Hall–Kier alpha value is -1.97. The number of anilines is 1. The van der Waals surface area contributed by atoms with E-state index in [9.17, 15) is 0 Å². The first-order valence-corrected chi connectivity index (χ1v) is 6.51. The molecular formula is C15H21N3O. The molecule has 0 spiro atoms. The van der Waals surface area contributed by atoms with Gasteiger partial charge >= 0.3 is 0 Å². The predicted molar refractivity (Wildman–Crippen MR) is 77.7 cm³/mol. The molecule has 0 aliphatic carbocycles. The SMILES string of the molecule is COc1ccc(NCc2cncn2C(C)C)cc1C. The van der Waals surface area contributed by atoms with Gasteiger partial charge < -0.3 is 14.6 Å². The normalized spacial score (nSPS) is 10.8. The molecule has 19 heavy (non-hydrogen) atoms. The molecule has 0 fully saturated rings. The van der Waals surface area contributed by atoms with Crippen molar-refractivity contribution in [1.82, 2.24) is 9.55 Å². The fourth-order valence-electron chi connectivity index (χ4n) is 2.11. The molecule has 0 atom stereocenters. The summed E-state index contributed by atoms with van der Waals surface area (Å²) >= 11 is 0. The number of aryl methyl sites for hydroxylation is 1. The van der Waals surface area contributed by atoms with Gasteiger partial charge in [-0.3, -0.25) is 0 Å². The van der Waals surface area contributed by atoms with Gasteiger partial charge in [-0.2, -0.15) is 0 Å². The molecule has 2 aromatic rings. The molecule has 1 aromatic carbocycles. The summed E-state index contributed by atoms with van der Waals surface area (Å²) in [5.74, 6) is 0.915. The number of imidazole rings is 1. The van der Waals surface area contributed by atoms with Crippen LogP contribution < -0.4 is 10.1 Å². The van der Waals surface area contributed by atoms with Crippen LogP contribution >= 0.6 is 0 Å². The third-order valence-electron chi connectivity index (χ3n) is 3.17. The summed E-state index contributed by atoms with van der Waals surface area (Å²) in [6.07, 6.45) is 3.78. The lowest BCUT2D eigenvalue weighted by molar-refractivity contribution is 0.412.